The molecule has 0 aromatic heterocycles. The van der Waals surface area contributed by atoms with Gasteiger partial charge in [0, 0.05) is 11.8 Å². The normalized spacial score (nSPS) is 11.4. The summed E-state index contributed by atoms with van der Waals surface area (Å²) in [5.41, 5.74) is 6.17. The molecule has 0 aliphatic heterocycles. The van der Waals surface area contributed by atoms with E-state index in [4.69, 9.17) is 15.2 Å². The van der Waals surface area contributed by atoms with Crippen LogP contribution in [0.25, 0.3) is 0 Å². The Morgan fingerprint density at radius 1 is 1.29 bits per heavy atom. The summed E-state index contributed by atoms with van der Waals surface area (Å²) in [6.07, 6.45) is 0.0521. The number of rotatable bonds is 8. The number of nitrogens with two attached hydrogens (primary N) is 1. The van der Waals surface area contributed by atoms with E-state index in [1.807, 2.05) is 0 Å². The molecule has 2 N–H and O–H groups in total. The van der Waals surface area contributed by atoms with Crippen LogP contribution in [-0.4, -0.2) is 38.6 Å². The molecule has 0 radical (unpaired) electrons. The molecule has 0 unspecified atom stereocenters. The van der Waals surface area contributed by atoms with Crippen molar-refractivity contribution in [1.82, 2.24) is 0 Å². The Hall–Kier alpha value is -1.76. The van der Waals surface area contributed by atoms with Crippen molar-refractivity contribution in [1.29, 1.82) is 0 Å². The number of hydrogen-bond donors (Lipinski definition) is 1. The molecule has 0 bridgehead atoms. The maximum Gasteiger partial charge on any atom is 0.309 e. The Balaban J connectivity index is 2.23. The number of sulfone groups is 1. The Kier molecular flexibility index (Phi) is 6.48. The van der Waals surface area contributed by atoms with E-state index in [9.17, 15) is 13.2 Å². The Morgan fingerprint density at radius 3 is 2.62 bits per heavy atom. The van der Waals surface area contributed by atoms with Crippen LogP contribution in [-0.2, 0) is 19.4 Å². The smallest absolute Gasteiger partial charge is 0.309 e. The van der Waals surface area contributed by atoms with Gasteiger partial charge in [0.15, 0.2) is 9.84 Å². The number of carbonyl (C=O) groups is 1. The van der Waals surface area contributed by atoms with Gasteiger partial charge in [-0.25, -0.2) is 8.42 Å². The summed E-state index contributed by atoms with van der Waals surface area (Å²) < 4.78 is 33.2. The van der Waals surface area contributed by atoms with Gasteiger partial charge in [-0.3, -0.25) is 4.79 Å². The monoisotopic (exact) mass is 315 g/mol. The molecule has 0 spiro atoms. The van der Waals surface area contributed by atoms with Crippen LogP contribution in [0.5, 0.6) is 5.75 Å². The molecule has 0 amide bonds. The van der Waals surface area contributed by atoms with Crippen molar-refractivity contribution in [3.8, 4) is 5.75 Å². The predicted molar refractivity (Wildman–Crippen MR) is 80.8 cm³/mol. The summed E-state index contributed by atoms with van der Waals surface area (Å²) in [7, 11) is -3.18. The van der Waals surface area contributed by atoms with Gasteiger partial charge in [0.25, 0.3) is 0 Å². The molecule has 1 aromatic carbocycles. The zero-order valence-electron chi connectivity index (χ0n) is 12.2. The number of ether oxygens (including phenoxy) is 2. The van der Waals surface area contributed by atoms with Crippen molar-refractivity contribution in [2.75, 3.05) is 24.7 Å². The first-order valence-corrected chi connectivity index (χ1v) is 8.38. The van der Waals surface area contributed by atoms with Crippen LogP contribution in [0.3, 0.4) is 0 Å². The number of esters is 1. The van der Waals surface area contributed by atoms with Gasteiger partial charge < -0.3 is 15.2 Å². The van der Waals surface area contributed by atoms with Gasteiger partial charge >= 0.3 is 5.97 Å². The molecular weight excluding hydrogens is 294 g/mol. The van der Waals surface area contributed by atoms with Gasteiger partial charge in [0.2, 0.25) is 0 Å². The van der Waals surface area contributed by atoms with Crippen molar-refractivity contribution in [3.05, 3.63) is 24.3 Å². The van der Waals surface area contributed by atoms with Gasteiger partial charge in [0.1, 0.15) is 12.4 Å². The zero-order valence-corrected chi connectivity index (χ0v) is 13.1. The standard InChI is InChI=1S/C14H21NO5S/c1-11(2)21(17,18)9-8-20-14(16)6-7-19-13-5-3-4-12(15)10-13/h3-5,10-11H,6-9,15H2,1-2H3. The number of benzene rings is 1. The van der Waals surface area contributed by atoms with E-state index < -0.39 is 21.1 Å². The molecule has 6 nitrogen and oxygen atoms in total. The Labute approximate surface area is 125 Å². The van der Waals surface area contributed by atoms with E-state index in [0.717, 1.165) is 0 Å². The highest BCUT2D eigenvalue weighted by Gasteiger charge is 2.16. The highest BCUT2D eigenvalue weighted by molar-refractivity contribution is 7.91. The first kappa shape index (κ1) is 17.3. The molecule has 0 fully saturated rings. The lowest BCUT2D eigenvalue weighted by atomic mass is 10.3. The van der Waals surface area contributed by atoms with Gasteiger partial charge in [-0.15, -0.1) is 0 Å². The SMILES string of the molecule is CC(C)S(=O)(=O)CCOC(=O)CCOc1cccc(N)c1. The highest BCUT2D eigenvalue weighted by atomic mass is 32.2. The van der Waals surface area contributed by atoms with Crippen LogP contribution < -0.4 is 10.5 Å². The van der Waals surface area contributed by atoms with Gasteiger partial charge in [0.05, 0.1) is 24.0 Å². The van der Waals surface area contributed by atoms with Crippen molar-refractivity contribution in [2.45, 2.75) is 25.5 Å². The second-order valence-corrected chi connectivity index (χ2v) is 7.48. The molecule has 0 aliphatic carbocycles. The Morgan fingerprint density at radius 2 is 2.00 bits per heavy atom. The topological polar surface area (TPSA) is 95.7 Å². The van der Waals surface area contributed by atoms with Gasteiger partial charge in [-0.2, -0.15) is 0 Å². The lowest BCUT2D eigenvalue weighted by molar-refractivity contribution is -0.143. The number of carbonyl (C=O) groups excluding carboxylic acids is 1. The minimum absolute atomic E-state index is 0.0521. The maximum atomic E-state index is 11.5. The number of nitrogen functional groups attached to an aromatic ring is 1. The van der Waals surface area contributed by atoms with Crippen LogP contribution in [0.1, 0.15) is 20.3 Å². The number of anilines is 1. The molecule has 21 heavy (non-hydrogen) atoms. The van der Waals surface area contributed by atoms with Crippen LogP contribution in [0, 0.1) is 0 Å². The zero-order chi connectivity index (χ0) is 15.9. The average molecular weight is 315 g/mol. The summed E-state index contributed by atoms with van der Waals surface area (Å²) in [6, 6.07) is 6.87. The second-order valence-electron chi connectivity index (χ2n) is 4.81. The van der Waals surface area contributed by atoms with E-state index in [1.165, 1.54) is 0 Å². The molecule has 7 heteroatoms. The number of hydrogen-bond acceptors (Lipinski definition) is 6. The van der Waals surface area contributed by atoms with Crippen LogP contribution in [0.2, 0.25) is 0 Å². The fraction of sp³-hybridized carbons (Fsp3) is 0.500. The molecule has 118 valence electrons. The van der Waals surface area contributed by atoms with E-state index in [0.29, 0.717) is 11.4 Å². The van der Waals surface area contributed by atoms with E-state index in [2.05, 4.69) is 0 Å². The quantitative estimate of drug-likeness (QED) is 0.575. The fourth-order valence-electron chi connectivity index (χ4n) is 1.44. The van der Waals surface area contributed by atoms with Crippen molar-refractivity contribution >= 4 is 21.5 Å². The summed E-state index contributed by atoms with van der Waals surface area (Å²) in [5, 5.41) is -0.469. The summed E-state index contributed by atoms with van der Waals surface area (Å²) in [4.78, 5) is 11.4. The first-order chi connectivity index (χ1) is 9.81. The lowest BCUT2D eigenvalue weighted by Crippen LogP contribution is -2.22. The minimum Gasteiger partial charge on any atom is -0.493 e. The van der Waals surface area contributed by atoms with Gasteiger partial charge in [-0.1, -0.05) is 6.07 Å². The summed E-state index contributed by atoms with van der Waals surface area (Å²) in [6.45, 7) is 3.21. The summed E-state index contributed by atoms with van der Waals surface area (Å²) >= 11 is 0. The fourth-order valence-corrected chi connectivity index (χ4v) is 2.22. The van der Waals surface area contributed by atoms with Crippen molar-refractivity contribution in [3.63, 3.8) is 0 Å². The molecule has 1 aromatic rings. The van der Waals surface area contributed by atoms with Crippen molar-refractivity contribution < 1.29 is 22.7 Å². The predicted octanol–water partition coefficient (Wildman–Crippen LogP) is 1.40. The first-order valence-electron chi connectivity index (χ1n) is 6.67. The van der Waals surface area contributed by atoms with Crippen molar-refractivity contribution in [2.24, 2.45) is 0 Å². The van der Waals surface area contributed by atoms with E-state index >= 15 is 0 Å². The Bertz CT molecular complexity index is 568. The molecule has 1 rings (SSSR count). The van der Waals surface area contributed by atoms with E-state index in [-0.39, 0.29) is 25.4 Å². The lowest BCUT2D eigenvalue weighted by Gasteiger charge is -2.09. The van der Waals surface area contributed by atoms with Crippen LogP contribution in [0.15, 0.2) is 24.3 Å². The molecule has 0 atom stereocenters. The molecule has 0 saturated carbocycles. The minimum atomic E-state index is -3.18. The van der Waals surface area contributed by atoms with Crippen LogP contribution >= 0.6 is 0 Å². The third-order valence-electron chi connectivity index (χ3n) is 2.78. The highest BCUT2D eigenvalue weighted by Crippen LogP contribution is 2.14. The molecule has 0 aliphatic rings. The second kappa shape index (κ2) is 7.87. The molecule has 0 heterocycles. The third-order valence-corrected chi connectivity index (χ3v) is 4.95. The van der Waals surface area contributed by atoms with E-state index in [1.54, 1.807) is 38.1 Å². The van der Waals surface area contributed by atoms with Gasteiger partial charge in [-0.05, 0) is 26.0 Å². The average Bonchev–Trinajstić information content (AvgIpc) is 2.38. The maximum absolute atomic E-state index is 11.5. The molecule has 0 saturated heterocycles. The largest absolute Gasteiger partial charge is 0.493 e. The molecular formula is C14H21NO5S. The van der Waals surface area contributed by atoms with Crippen LogP contribution in [0.4, 0.5) is 5.69 Å². The summed E-state index contributed by atoms with van der Waals surface area (Å²) in [5.74, 6) is -0.0741. The third kappa shape index (κ3) is 6.48.